The Kier molecular flexibility index (Phi) is 3.95. The van der Waals surface area contributed by atoms with Gasteiger partial charge in [0.2, 0.25) is 11.2 Å². The SMILES string of the molecule is CCCCOc1nc(Cl)nc(C)c1N. The van der Waals surface area contributed by atoms with E-state index in [9.17, 15) is 0 Å². The lowest BCUT2D eigenvalue weighted by atomic mass is 10.3. The van der Waals surface area contributed by atoms with E-state index in [-0.39, 0.29) is 5.28 Å². The summed E-state index contributed by atoms with van der Waals surface area (Å²) in [5.74, 6) is 0.385. The summed E-state index contributed by atoms with van der Waals surface area (Å²) < 4.78 is 5.38. The highest BCUT2D eigenvalue weighted by Crippen LogP contribution is 2.22. The van der Waals surface area contributed by atoms with Crippen LogP contribution in [0, 0.1) is 6.92 Å². The van der Waals surface area contributed by atoms with Gasteiger partial charge in [-0.05, 0) is 24.9 Å². The summed E-state index contributed by atoms with van der Waals surface area (Å²) in [5.41, 5.74) is 6.84. The molecule has 1 rings (SSSR count). The minimum absolute atomic E-state index is 0.170. The predicted octanol–water partition coefficient (Wildman–Crippen LogP) is 2.20. The molecule has 1 aromatic heterocycles. The zero-order valence-corrected chi connectivity index (χ0v) is 9.14. The molecule has 2 N–H and O–H groups in total. The van der Waals surface area contributed by atoms with Crippen molar-refractivity contribution in [1.82, 2.24) is 9.97 Å². The number of ether oxygens (including phenoxy) is 1. The molecule has 0 aromatic carbocycles. The molecule has 0 aliphatic rings. The van der Waals surface area contributed by atoms with Crippen molar-refractivity contribution in [2.24, 2.45) is 0 Å². The van der Waals surface area contributed by atoms with E-state index in [1.54, 1.807) is 6.92 Å². The first-order chi connectivity index (χ1) is 6.65. The minimum Gasteiger partial charge on any atom is -0.476 e. The third kappa shape index (κ3) is 2.73. The molecule has 0 atom stereocenters. The van der Waals surface area contributed by atoms with Gasteiger partial charge in [0.1, 0.15) is 5.69 Å². The molecule has 4 nitrogen and oxygen atoms in total. The van der Waals surface area contributed by atoms with Crippen molar-refractivity contribution in [3.8, 4) is 5.88 Å². The third-order valence-electron chi connectivity index (χ3n) is 1.81. The number of unbranched alkanes of at least 4 members (excludes halogenated alkanes) is 1. The molecular weight excluding hydrogens is 202 g/mol. The fourth-order valence-electron chi connectivity index (χ4n) is 0.946. The number of aryl methyl sites for hydroxylation is 1. The maximum Gasteiger partial charge on any atom is 0.241 e. The van der Waals surface area contributed by atoms with E-state index < -0.39 is 0 Å². The number of aromatic nitrogens is 2. The van der Waals surface area contributed by atoms with Crippen LogP contribution in [0.4, 0.5) is 5.69 Å². The van der Waals surface area contributed by atoms with Crippen molar-refractivity contribution in [3.05, 3.63) is 11.0 Å². The monoisotopic (exact) mass is 215 g/mol. The first kappa shape index (κ1) is 11.0. The number of nitrogens with two attached hydrogens (primary N) is 1. The van der Waals surface area contributed by atoms with Gasteiger partial charge < -0.3 is 10.5 Å². The van der Waals surface area contributed by atoms with E-state index in [0.29, 0.717) is 23.9 Å². The molecule has 0 saturated heterocycles. The molecule has 14 heavy (non-hydrogen) atoms. The van der Waals surface area contributed by atoms with E-state index in [0.717, 1.165) is 12.8 Å². The molecule has 0 amide bonds. The maximum absolute atomic E-state index is 5.73. The number of anilines is 1. The number of hydrogen-bond donors (Lipinski definition) is 1. The van der Waals surface area contributed by atoms with Gasteiger partial charge in [-0.3, -0.25) is 0 Å². The third-order valence-corrected chi connectivity index (χ3v) is 1.98. The number of rotatable bonds is 4. The van der Waals surface area contributed by atoms with Crippen molar-refractivity contribution in [2.45, 2.75) is 26.7 Å². The van der Waals surface area contributed by atoms with Gasteiger partial charge in [0.15, 0.2) is 0 Å². The smallest absolute Gasteiger partial charge is 0.241 e. The van der Waals surface area contributed by atoms with Crippen LogP contribution >= 0.6 is 11.6 Å². The Hall–Kier alpha value is -1.03. The zero-order valence-electron chi connectivity index (χ0n) is 8.38. The van der Waals surface area contributed by atoms with Crippen LogP contribution in [-0.2, 0) is 0 Å². The molecule has 0 fully saturated rings. The molecule has 0 radical (unpaired) electrons. The Labute approximate surface area is 88.5 Å². The van der Waals surface area contributed by atoms with Crippen LogP contribution < -0.4 is 10.5 Å². The van der Waals surface area contributed by atoms with Gasteiger partial charge in [-0.25, -0.2) is 4.98 Å². The second-order valence-corrected chi connectivity index (χ2v) is 3.34. The number of halogens is 1. The number of nitrogen functional groups attached to an aromatic ring is 1. The van der Waals surface area contributed by atoms with Gasteiger partial charge in [-0.1, -0.05) is 13.3 Å². The normalized spacial score (nSPS) is 10.2. The van der Waals surface area contributed by atoms with Gasteiger partial charge in [-0.15, -0.1) is 0 Å². The summed E-state index contributed by atoms with van der Waals surface area (Å²) in [4.78, 5) is 7.82. The second-order valence-electron chi connectivity index (χ2n) is 3.00. The zero-order chi connectivity index (χ0) is 10.6. The number of hydrogen-bond acceptors (Lipinski definition) is 4. The van der Waals surface area contributed by atoms with E-state index in [2.05, 4.69) is 16.9 Å². The van der Waals surface area contributed by atoms with E-state index >= 15 is 0 Å². The lowest BCUT2D eigenvalue weighted by Crippen LogP contribution is -2.05. The highest BCUT2D eigenvalue weighted by atomic mass is 35.5. The molecule has 1 aromatic rings. The lowest BCUT2D eigenvalue weighted by molar-refractivity contribution is 0.299. The molecule has 1 heterocycles. The van der Waals surface area contributed by atoms with Crippen molar-refractivity contribution in [2.75, 3.05) is 12.3 Å². The average Bonchev–Trinajstić information content (AvgIpc) is 2.13. The Morgan fingerprint density at radius 2 is 2.14 bits per heavy atom. The quantitative estimate of drug-likeness (QED) is 0.618. The van der Waals surface area contributed by atoms with Crippen molar-refractivity contribution >= 4 is 17.3 Å². The summed E-state index contributed by atoms with van der Waals surface area (Å²) in [6.45, 7) is 4.47. The maximum atomic E-state index is 5.73. The summed E-state index contributed by atoms with van der Waals surface area (Å²) in [7, 11) is 0. The van der Waals surface area contributed by atoms with Crippen LogP contribution in [0.3, 0.4) is 0 Å². The standard InChI is InChI=1S/C9H14ClN3O/c1-3-4-5-14-8-7(11)6(2)12-9(10)13-8/h3-5,11H2,1-2H3. The van der Waals surface area contributed by atoms with Gasteiger partial charge in [0.25, 0.3) is 0 Å². The van der Waals surface area contributed by atoms with Gasteiger partial charge >= 0.3 is 0 Å². The van der Waals surface area contributed by atoms with Crippen LogP contribution in [0.25, 0.3) is 0 Å². The molecule has 0 aliphatic carbocycles. The van der Waals surface area contributed by atoms with Gasteiger partial charge in [0, 0.05) is 0 Å². The van der Waals surface area contributed by atoms with Crippen LogP contribution in [0.5, 0.6) is 5.88 Å². The van der Waals surface area contributed by atoms with Gasteiger partial charge in [-0.2, -0.15) is 4.98 Å². The molecule has 0 bridgehead atoms. The number of nitrogens with zero attached hydrogens (tertiary/aromatic N) is 2. The van der Waals surface area contributed by atoms with E-state index in [1.165, 1.54) is 0 Å². The minimum atomic E-state index is 0.170. The lowest BCUT2D eigenvalue weighted by Gasteiger charge is -2.08. The molecule has 78 valence electrons. The molecule has 0 aliphatic heterocycles. The Balaban J connectivity index is 2.75. The molecule has 0 unspecified atom stereocenters. The second kappa shape index (κ2) is 5.00. The average molecular weight is 216 g/mol. The van der Waals surface area contributed by atoms with Crippen LogP contribution in [0.1, 0.15) is 25.5 Å². The summed E-state index contributed by atoms with van der Waals surface area (Å²) in [5, 5.41) is 0.170. The first-order valence-electron chi connectivity index (χ1n) is 4.57. The molecule has 0 spiro atoms. The summed E-state index contributed by atoms with van der Waals surface area (Å²) in [6, 6.07) is 0. The van der Waals surface area contributed by atoms with Crippen LogP contribution in [0.15, 0.2) is 0 Å². The largest absolute Gasteiger partial charge is 0.476 e. The highest BCUT2D eigenvalue weighted by Gasteiger charge is 2.08. The molecule has 5 heteroatoms. The fourth-order valence-corrected chi connectivity index (χ4v) is 1.15. The summed E-state index contributed by atoms with van der Waals surface area (Å²) >= 11 is 5.68. The molecule has 0 saturated carbocycles. The Morgan fingerprint density at radius 1 is 1.43 bits per heavy atom. The van der Waals surface area contributed by atoms with E-state index in [1.807, 2.05) is 0 Å². The van der Waals surface area contributed by atoms with Crippen molar-refractivity contribution < 1.29 is 4.74 Å². The molecular formula is C9H14ClN3O. The Morgan fingerprint density at radius 3 is 2.79 bits per heavy atom. The van der Waals surface area contributed by atoms with Crippen molar-refractivity contribution in [1.29, 1.82) is 0 Å². The topological polar surface area (TPSA) is 61.0 Å². The Bertz CT molecular complexity index is 317. The first-order valence-corrected chi connectivity index (χ1v) is 4.95. The van der Waals surface area contributed by atoms with E-state index in [4.69, 9.17) is 22.1 Å². The summed E-state index contributed by atoms with van der Waals surface area (Å²) in [6.07, 6.45) is 2.04. The highest BCUT2D eigenvalue weighted by molar-refractivity contribution is 6.28. The fraction of sp³-hybridized carbons (Fsp3) is 0.556. The van der Waals surface area contributed by atoms with Crippen LogP contribution in [-0.4, -0.2) is 16.6 Å². The van der Waals surface area contributed by atoms with Crippen LogP contribution in [0.2, 0.25) is 5.28 Å². The van der Waals surface area contributed by atoms with Crippen molar-refractivity contribution in [3.63, 3.8) is 0 Å². The predicted molar refractivity (Wildman–Crippen MR) is 56.6 cm³/mol. The van der Waals surface area contributed by atoms with Gasteiger partial charge in [0.05, 0.1) is 12.3 Å².